The average Bonchev–Trinajstić information content (AvgIpc) is 3.07. The zero-order chi connectivity index (χ0) is 20.9. The highest BCUT2D eigenvalue weighted by Crippen LogP contribution is 2.24. The number of thioether (sulfide) groups is 1. The van der Waals surface area contributed by atoms with Gasteiger partial charge in [0.2, 0.25) is 10.0 Å². The Hall–Kier alpha value is -2.54. The number of nitrogens with zero attached hydrogens (tertiary/aromatic N) is 3. The molecule has 1 amide bonds. The molecule has 0 aromatic heterocycles. The second-order valence-electron chi connectivity index (χ2n) is 5.79. The van der Waals surface area contributed by atoms with Crippen molar-refractivity contribution in [1.29, 1.82) is 0 Å². The molecule has 1 aromatic rings. The molecule has 1 aromatic carbocycles. The fraction of sp³-hybridized carbons (Fsp3) is 0.294. The lowest BCUT2D eigenvalue weighted by Gasteiger charge is -2.26. The van der Waals surface area contributed by atoms with Crippen molar-refractivity contribution >= 4 is 45.0 Å². The van der Waals surface area contributed by atoms with Crippen molar-refractivity contribution < 1.29 is 27.5 Å². The Morgan fingerprint density at radius 3 is 2.76 bits per heavy atom. The zero-order valence-electron chi connectivity index (χ0n) is 15.4. The van der Waals surface area contributed by atoms with E-state index >= 15 is 0 Å². The van der Waals surface area contributed by atoms with Gasteiger partial charge < -0.3 is 9.47 Å². The van der Waals surface area contributed by atoms with Gasteiger partial charge in [-0.05, 0) is 17.8 Å². The van der Waals surface area contributed by atoms with Gasteiger partial charge in [-0.15, -0.1) is 5.10 Å². The van der Waals surface area contributed by atoms with Crippen LogP contribution in [0.25, 0.3) is 0 Å². The molecule has 0 bridgehead atoms. The van der Waals surface area contributed by atoms with Gasteiger partial charge in [-0.25, -0.2) is 13.2 Å². The Morgan fingerprint density at radius 2 is 2.03 bits per heavy atom. The molecular weight excluding hydrogens is 420 g/mol. The van der Waals surface area contributed by atoms with Crippen molar-refractivity contribution in [1.82, 2.24) is 9.62 Å². The number of methoxy groups -OCH3 is 1. The Labute approximate surface area is 171 Å². The molecule has 154 valence electrons. The van der Waals surface area contributed by atoms with Crippen molar-refractivity contribution in [3.8, 4) is 0 Å². The minimum Gasteiger partial charge on any atom is -0.466 e. The Morgan fingerprint density at radius 1 is 1.31 bits per heavy atom. The maximum absolute atomic E-state index is 12.9. The van der Waals surface area contributed by atoms with Crippen molar-refractivity contribution in [2.45, 2.75) is 4.90 Å². The number of carbonyl (C=O) groups is 2. The standard InChI is InChI=1S/C17H18N4O6S2/c1-26-15(22)10-13-16(23)19-17(28-13)20-18-11-12-4-2-3-5-14(12)29(24,25)21-6-8-27-9-7-21/h2-5,10-11H,6-9H2,1H3,(H,19,20,23)/b13-10+,18-11?. The summed E-state index contributed by atoms with van der Waals surface area (Å²) >= 11 is 0.926. The Bertz CT molecular complexity index is 997. The summed E-state index contributed by atoms with van der Waals surface area (Å²) in [5.74, 6) is -1.15. The quantitative estimate of drug-likeness (QED) is 0.303. The third kappa shape index (κ3) is 5.09. The van der Waals surface area contributed by atoms with Gasteiger partial charge in [-0.3, -0.25) is 10.1 Å². The third-order valence-corrected chi connectivity index (χ3v) is 6.83. The largest absolute Gasteiger partial charge is 0.466 e. The topological polar surface area (TPSA) is 127 Å². The number of hydrogen-bond acceptors (Lipinski definition) is 9. The minimum absolute atomic E-state index is 0.111. The number of esters is 1. The number of benzene rings is 1. The normalized spacial score (nSPS) is 21.1. The van der Waals surface area contributed by atoms with E-state index in [4.69, 9.17) is 4.74 Å². The first kappa shape index (κ1) is 21.2. The number of sulfonamides is 1. The van der Waals surface area contributed by atoms with Gasteiger partial charge in [0.05, 0.1) is 36.3 Å². The molecule has 0 saturated carbocycles. The first-order chi connectivity index (χ1) is 13.9. The van der Waals surface area contributed by atoms with E-state index in [0.29, 0.717) is 18.8 Å². The van der Waals surface area contributed by atoms with Gasteiger partial charge in [0.15, 0.2) is 5.17 Å². The third-order valence-electron chi connectivity index (χ3n) is 3.95. The molecule has 1 N–H and O–H groups in total. The number of nitrogens with one attached hydrogen (secondary N) is 1. The summed E-state index contributed by atoms with van der Waals surface area (Å²) in [6.07, 6.45) is 2.35. The molecule has 0 radical (unpaired) electrons. The summed E-state index contributed by atoms with van der Waals surface area (Å²) in [5, 5.41) is 10.4. The molecular formula is C17H18N4O6S2. The van der Waals surface area contributed by atoms with Crippen LogP contribution in [0.15, 0.2) is 50.3 Å². The van der Waals surface area contributed by atoms with Crippen LogP contribution in [0.4, 0.5) is 0 Å². The second kappa shape index (κ2) is 9.31. The van der Waals surface area contributed by atoms with Crippen LogP contribution < -0.4 is 5.32 Å². The van der Waals surface area contributed by atoms with E-state index in [-0.39, 0.29) is 28.1 Å². The number of ether oxygens (including phenoxy) is 2. The van der Waals surface area contributed by atoms with Gasteiger partial charge in [-0.2, -0.15) is 9.41 Å². The lowest BCUT2D eigenvalue weighted by molar-refractivity contribution is -0.135. The van der Waals surface area contributed by atoms with Crippen LogP contribution in [0.1, 0.15) is 5.56 Å². The fourth-order valence-corrected chi connectivity index (χ4v) is 4.85. The highest BCUT2D eigenvalue weighted by molar-refractivity contribution is 8.18. The summed E-state index contributed by atoms with van der Waals surface area (Å²) in [6, 6.07) is 6.44. The van der Waals surface area contributed by atoms with E-state index < -0.39 is 21.9 Å². The van der Waals surface area contributed by atoms with Crippen LogP contribution in [0.5, 0.6) is 0 Å². The summed E-state index contributed by atoms with van der Waals surface area (Å²) in [7, 11) is -2.49. The van der Waals surface area contributed by atoms with E-state index in [1.54, 1.807) is 18.2 Å². The van der Waals surface area contributed by atoms with Crippen LogP contribution in [-0.2, 0) is 29.1 Å². The molecule has 2 fully saturated rings. The van der Waals surface area contributed by atoms with Gasteiger partial charge >= 0.3 is 5.97 Å². The fourth-order valence-electron chi connectivity index (χ4n) is 2.53. The smallest absolute Gasteiger partial charge is 0.331 e. The van der Waals surface area contributed by atoms with Crippen molar-refractivity contribution in [3.05, 3.63) is 40.8 Å². The first-order valence-electron chi connectivity index (χ1n) is 8.48. The maximum atomic E-state index is 12.9. The average molecular weight is 438 g/mol. The van der Waals surface area contributed by atoms with Crippen LogP contribution in [-0.4, -0.2) is 69.4 Å². The van der Waals surface area contributed by atoms with E-state index in [1.807, 2.05) is 0 Å². The van der Waals surface area contributed by atoms with Crippen LogP contribution in [0, 0.1) is 0 Å². The summed E-state index contributed by atoms with van der Waals surface area (Å²) in [6.45, 7) is 1.27. The molecule has 29 heavy (non-hydrogen) atoms. The van der Waals surface area contributed by atoms with E-state index in [9.17, 15) is 18.0 Å². The molecule has 2 heterocycles. The molecule has 0 spiro atoms. The molecule has 3 rings (SSSR count). The number of hydrogen-bond donors (Lipinski definition) is 1. The maximum Gasteiger partial charge on any atom is 0.331 e. The minimum atomic E-state index is -3.70. The van der Waals surface area contributed by atoms with E-state index in [2.05, 4.69) is 20.3 Å². The first-order valence-corrected chi connectivity index (χ1v) is 10.7. The Kier molecular flexibility index (Phi) is 6.79. The van der Waals surface area contributed by atoms with Crippen LogP contribution in [0.2, 0.25) is 0 Å². The molecule has 12 heteroatoms. The zero-order valence-corrected chi connectivity index (χ0v) is 17.0. The lowest BCUT2D eigenvalue weighted by Crippen LogP contribution is -2.40. The van der Waals surface area contributed by atoms with E-state index in [1.165, 1.54) is 23.7 Å². The highest BCUT2D eigenvalue weighted by Gasteiger charge is 2.28. The van der Waals surface area contributed by atoms with Crippen LogP contribution >= 0.6 is 11.8 Å². The number of carbonyl (C=O) groups excluding carboxylic acids is 2. The van der Waals surface area contributed by atoms with Gasteiger partial charge in [-0.1, -0.05) is 18.2 Å². The molecule has 10 nitrogen and oxygen atoms in total. The molecule has 2 aliphatic rings. The molecule has 0 atom stereocenters. The van der Waals surface area contributed by atoms with Crippen molar-refractivity contribution in [2.75, 3.05) is 33.4 Å². The van der Waals surface area contributed by atoms with Gasteiger partial charge in [0.25, 0.3) is 5.91 Å². The highest BCUT2D eigenvalue weighted by atomic mass is 32.2. The predicted molar refractivity (Wildman–Crippen MR) is 107 cm³/mol. The van der Waals surface area contributed by atoms with Crippen LogP contribution in [0.3, 0.4) is 0 Å². The molecule has 0 aliphatic carbocycles. The Balaban J connectivity index is 1.79. The van der Waals surface area contributed by atoms with Crippen molar-refractivity contribution in [2.24, 2.45) is 10.2 Å². The van der Waals surface area contributed by atoms with E-state index in [0.717, 1.165) is 17.8 Å². The molecule has 0 unspecified atom stereocenters. The predicted octanol–water partition coefficient (Wildman–Crippen LogP) is 0.317. The number of amides is 1. The summed E-state index contributed by atoms with van der Waals surface area (Å²) < 4.78 is 36.9. The summed E-state index contributed by atoms with van der Waals surface area (Å²) in [5.41, 5.74) is 0.364. The summed E-state index contributed by atoms with van der Waals surface area (Å²) in [4.78, 5) is 23.3. The molecule has 2 aliphatic heterocycles. The second-order valence-corrected chi connectivity index (χ2v) is 8.73. The lowest BCUT2D eigenvalue weighted by atomic mass is 10.2. The molecule has 2 saturated heterocycles. The number of rotatable bonds is 5. The number of amidine groups is 1. The van der Waals surface area contributed by atoms with Gasteiger partial charge in [0.1, 0.15) is 0 Å². The van der Waals surface area contributed by atoms with Gasteiger partial charge in [0, 0.05) is 24.7 Å². The van der Waals surface area contributed by atoms with Crippen molar-refractivity contribution in [3.63, 3.8) is 0 Å². The SMILES string of the molecule is COC(=O)/C=C1/S/C(=N\N=Cc2ccccc2S(=O)(=O)N2CCOCC2)NC1=O. The monoisotopic (exact) mass is 438 g/mol. The number of morpholine rings is 1.